The first-order valence-corrected chi connectivity index (χ1v) is 5.98. The Morgan fingerprint density at radius 3 is 2.28 bits per heavy atom. The Bertz CT molecular complexity index is 384. The fourth-order valence-corrected chi connectivity index (χ4v) is 2.29. The molecule has 4 heteroatoms. The lowest BCUT2D eigenvalue weighted by atomic mass is 9.73. The minimum atomic E-state index is -0.862. The average molecular weight is 251 g/mol. The standard InChI is InChI=1S/C14H21NO3/c1-14(2,3)12(10-7-5-4-6-8-10)11(9-16)18-13(15)17/h4-8,11-12,16H,9H2,1-3H3,(H2,15,17)/t11-,12?/m0/s1. The predicted molar refractivity (Wildman–Crippen MR) is 70.2 cm³/mol. The van der Waals surface area contributed by atoms with Gasteiger partial charge in [0.05, 0.1) is 6.61 Å². The van der Waals surface area contributed by atoms with Crippen LogP contribution in [-0.2, 0) is 4.74 Å². The number of benzene rings is 1. The zero-order valence-electron chi connectivity index (χ0n) is 11.1. The lowest BCUT2D eigenvalue weighted by Gasteiger charge is -2.35. The number of aliphatic hydroxyl groups excluding tert-OH is 1. The van der Waals surface area contributed by atoms with Gasteiger partial charge in [-0.1, -0.05) is 51.1 Å². The summed E-state index contributed by atoms with van der Waals surface area (Å²) >= 11 is 0. The molecular formula is C14H21NO3. The molecule has 0 radical (unpaired) electrons. The summed E-state index contributed by atoms with van der Waals surface area (Å²) in [6, 6.07) is 9.69. The number of carbonyl (C=O) groups excluding carboxylic acids is 1. The van der Waals surface area contributed by atoms with Crippen molar-refractivity contribution >= 4 is 6.09 Å². The van der Waals surface area contributed by atoms with Crippen molar-refractivity contribution in [2.24, 2.45) is 11.1 Å². The van der Waals surface area contributed by atoms with Gasteiger partial charge >= 0.3 is 6.09 Å². The van der Waals surface area contributed by atoms with Crippen LogP contribution in [0.25, 0.3) is 0 Å². The molecule has 0 aliphatic carbocycles. The maximum absolute atomic E-state index is 10.9. The van der Waals surface area contributed by atoms with Crippen LogP contribution in [0, 0.1) is 5.41 Å². The third kappa shape index (κ3) is 3.74. The summed E-state index contributed by atoms with van der Waals surface area (Å²) in [5, 5.41) is 9.44. The fourth-order valence-electron chi connectivity index (χ4n) is 2.29. The molecule has 2 atom stereocenters. The maximum atomic E-state index is 10.9. The van der Waals surface area contributed by atoms with Crippen LogP contribution in [-0.4, -0.2) is 23.9 Å². The Balaban J connectivity index is 3.09. The van der Waals surface area contributed by atoms with Gasteiger partial charge in [0.1, 0.15) is 6.10 Å². The van der Waals surface area contributed by atoms with E-state index >= 15 is 0 Å². The van der Waals surface area contributed by atoms with Crippen molar-refractivity contribution in [3.8, 4) is 0 Å². The maximum Gasteiger partial charge on any atom is 0.404 e. The highest BCUT2D eigenvalue weighted by molar-refractivity contribution is 5.65. The summed E-state index contributed by atoms with van der Waals surface area (Å²) < 4.78 is 5.03. The minimum absolute atomic E-state index is 0.115. The second-order valence-electron chi connectivity index (χ2n) is 5.41. The molecule has 1 unspecified atom stereocenters. The molecule has 100 valence electrons. The van der Waals surface area contributed by atoms with Crippen LogP contribution in [0.4, 0.5) is 4.79 Å². The molecule has 1 rings (SSSR count). The van der Waals surface area contributed by atoms with Crippen molar-refractivity contribution in [2.45, 2.75) is 32.8 Å². The Morgan fingerprint density at radius 1 is 1.33 bits per heavy atom. The van der Waals surface area contributed by atoms with E-state index in [0.717, 1.165) is 5.56 Å². The molecular weight excluding hydrogens is 230 g/mol. The summed E-state index contributed by atoms with van der Waals surface area (Å²) in [4.78, 5) is 10.9. The molecule has 0 saturated heterocycles. The number of hydrogen-bond acceptors (Lipinski definition) is 3. The van der Waals surface area contributed by atoms with Gasteiger partial charge in [0, 0.05) is 5.92 Å². The summed E-state index contributed by atoms with van der Waals surface area (Å²) in [5.74, 6) is -0.115. The van der Waals surface area contributed by atoms with E-state index < -0.39 is 12.2 Å². The van der Waals surface area contributed by atoms with Gasteiger partial charge in [-0.15, -0.1) is 0 Å². The molecule has 0 bridgehead atoms. The number of carbonyl (C=O) groups is 1. The van der Waals surface area contributed by atoms with Crippen LogP contribution in [0.1, 0.15) is 32.3 Å². The number of amides is 1. The van der Waals surface area contributed by atoms with Crippen molar-refractivity contribution < 1.29 is 14.6 Å². The Morgan fingerprint density at radius 2 is 1.89 bits per heavy atom. The van der Waals surface area contributed by atoms with Gasteiger partial charge < -0.3 is 15.6 Å². The molecule has 4 nitrogen and oxygen atoms in total. The van der Waals surface area contributed by atoms with Gasteiger partial charge in [-0.3, -0.25) is 0 Å². The molecule has 0 aliphatic rings. The highest BCUT2D eigenvalue weighted by Crippen LogP contribution is 2.38. The van der Waals surface area contributed by atoms with Crippen molar-refractivity contribution in [2.75, 3.05) is 6.61 Å². The van der Waals surface area contributed by atoms with E-state index in [1.807, 2.05) is 51.1 Å². The van der Waals surface area contributed by atoms with Crippen LogP contribution >= 0.6 is 0 Å². The number of aliphatic hydroxyl groups is 1. The van der Waals surface area contributed by atoms with E-state index in [1.165, 1.54) is 0 Å². The lowest BCUT2D eigenvalue weighted by Crippen LogP contribution is -2.37. The topological polar surface area (TPSA) is 72.6 Å². The van der Waals surface area contributed by atoms with Gasteiger partial charge in [-0.05, 0) is 11.0 Å². The molecule has 18 heavy (non-hydrogen) atoms. The Labute approximate surface area is 108 Å². The van der Waals surface area contributed by atoms with Crippen molar-refractivity contribution in [1.29, 1.82) is 0 Å². The van der Waals surface area contributed by atoms with Gasteiger partial charge in [0.15, 0.2) is 0 Å². The summed E-state index contributed by atoms with van der Waals surface area (Å²) in [6.45, 7) is 5.87. The van der Waals surface area contributed by atoms with E-state index in [4.69, 9.17) is 10.5 Å². The van der Waals surface area contributed by atoms with Crippen LogP contribution in [0.5, 0.6) is 0 Å². The molecule has 0 aromatic heterocycles. The van der Waals surface area contributed by atoms with E-state index in [1.54, 1.807) is 0 Å². The van der Waals surface area contributed by atoms with Gasteiger partial charge in [0.2, 0.25) is 0 Å². The molecule has 0 fully saturated rings. The zero-order valence-corrected chi connectivity index (χ0v) is 11.1. The van der Waals surface area contributed by atoms with Crippen molar-refractivity contribution in [3.63, 3.8) is 0 Å². The first-order valence-electron chi connectivity index (χ1n) is 5.98. The number of ether oxygens (including phenoxy) is 1. The van der Waals surface area contributed by atoms with Crippen LogP contribution in [0.3, 0.4) is 0 Å². The second-order valence-corrected chi connectivity index (χ2v) is 5.41. The van der Waals surface area contributed by atoms with E-state index in [2.05, 4.69) is 0 Å². The van der Waals surface area contributed by atoms with Gasteiger partial charge in [0.25, 0.3) is 0 Å². The minimum Gasteiger partial charge on any atom is -0.443 e. The quantitative estimate of drug-likeness (QED) is 0.862. The van der Waals surface area contributed by atoms with Gasteiger partial charge in [-0.25, -0.2) is 4.79 Å². The largest absolute Gasteiger partial charge is 0.443 e. The highest BCUT2D eigenvalue weighted by atomic mass is 16.6. The predicted octanol–water partition coefficient (Wildman–Crippen LogP) is 2.27. The normalized spacial score (nSPS) is 14.9. The molecule has 0 aliphatic heterocycles. The first-order chi connectivity index (χ1) is 8.36. The van der Waals surface area contributed by atoms with Crippen LogP contribution in [0.2, 0.25) is 0 Å². The zero-order chi connectivity index (χ0) is 13.8. The smallest absolute Gasteiger partial charge is 0.404 e. The number of primary amides is 1. The molecule has 1 aromatic carbocycles. The van der Waals surface area contributed by atoms with E-state index in [9.17, 15) is 9.90 Å². The average Bonchev–Trinajstić information content (AvgIpc) is 2.27. The van der Waals surface area contributed by atoms with Crippen molar-refractivity contribution in [1.82, 2.24) is 0 Å². The summed E-state index contributed by atoms with van der Waals surface area (Å²) in [5.41, 5.74) is 5.91. The lowest BCUT2D eigenvalue weighted by molar-refractivity contribution is 0.0205. The summed E-state index contributed by atoms with van der Waals surface area (Å²) in [6.07, 6.45) is -1.50. The monoisotopic (exact) mass is 251 g/mol. The molecule has 1 amide bonds. The first kappa shape index (κ1) is 14.5. The fraction of sp³-hybridized carbons (Fsp3) is 0.500. The molecule has 3 N–H and O–H groups in total. The third-order valence-electron chi connectivity index (χ3n) is 2.91. The SMILES string of the molecule is CC(C)(C)C(c1ccccc1)[C@H](CO)OC(N)=O. The summed E-state index contributed by atoms with van der Waals surface area (Å²) in [7, 11) is 0. The van der Waals surface area contributed by atoms with Gasteiger partial charge in [-0.2, -0.15) is 0 Å². The Hall–Kier alpha value is -1.55. The van der Waals surface area contributed by atoms with Crippen LogP contribution in [0.15, 0.2) is 30.3 Å². The van der Waals surface area contributed by atoms with Crippen LogP contribution < -0.4 is 5.73 Å². The molecule has 0 heterocycles. The second kappa shape index (κ2) is 5.87. The van der Waals surface area contributed by atoms with E-state index in [0.29, 0.717) is 0 Å². The van der Waals surface area contributed by atoms with Crippen molar-refractivity contribution in [3.05, 3.63) is 35.9 Å². The van der Waals surface area contributed by atoms with E-state index in [-0.39, 0.29) is 17.9 Å². The molecule has 0 spiro atoms. The Kier molecular flexibility index (Phi) is 4.73. The number of nitrogens with two attached hydrogens (primary N) is 1. The highest BCUT2D eigenvalue weighted by Gasteiger charge is 2.35. The third-order valence-corrected chi connectivity index (χ3v) is 2.91. The molecule has 0 saturated carbocycles. The molecule has 1 aromatic rings. The number of hydrogen-bond donors (Lipinski definition) is 2. The number of rotatable bonds is 4.